The zero-order valence-corrected chi connectivity index (χ0v) is 8.93. The third-order valence-electron chi connectivity index (χ3n) is 2.30. The number of hydrogen-bond acceptors (Lipinski definition) is 3. The van der Waals surface area contributed by atoms with Gasteiger partial charge in [-0.15, -0.1) is 0 Å². The topological polar surface area (TPSA) is 80.4 Å². The van der Waals surface area contributed by atoms with E-state index in [1.165, 1.54) is 0 Å². The smallest absolute Gasteiger partial charge is 0.320 e. The Morgan fingerprint density at radius 2 is 1.88 bits per heavy atom. The molecular formula is C12H15NO3. The monoisotopic (exact) mass is 221 g/mol. The fourth-order valence-corrected chi connectivity index (χ4v) is 1.35. The van der Waals surface area contributed by atoms with Crippen molar-refractivity contribution in [3.8, 4) is 0 Å². The Morgan fingerprint density at radius 3 is 2.44 bits per heavy atom. The maximum Gasteiger partial charge on any atom is 0.320 e. The average Bonchev–Trinajstić information content (AvgIpc) is 2.27. The zero-order valence-electron chi connectivity index (χ0n) is 8.93. The molecular weight excluding hydrogens is 206 g/mol. The van der Waals surface area contributed by atoms with Crippen LogP contribution in [0.5, 0.6) is 0 Å². The molecule has 4 heteroatoms. The second kappa shape index (κ2) is 6.02. The van der Waals surface area contributed by atoms with E-state index in [9.17, 15) is 9.59 Å². The highest BCUT2D eigenvalue weighted by molar-refractivity contribution is 5.82. The molecule has 86 valence electrons. The first kappa shape index (κ1) is 12.4. The lowest BCUT2D eigenvalue weighted by Gasteiger charge is -2.05. The van der Waals surface area contributed by atoms with Gasteiger partial charge in [0, 0.05) is 12.8 Å². The van der Waals surface area contributed by atoms with Crippen LogP contribution in [0.1, 0.15) is 18.4 Å². The second-order valence-corrected chi connectivity index (χ2v) is 3.68. The van der Waals surface area contributed by atoms with Crippen molar-refractivity contribution in [3.05, 3.63) is 35.9 Å². The maximum atomic E-state index is 11.5. The molecule has 0 fully saturated rings. The number of hydrogen-bond donors (Lipinski definition) is 2. The van der Waals surface area contributed by atoms with Crippen LogP contribution in [0.3, 0.4) is 0 Å². The minimum Gasteiger partial charge on any atom is -0.480 e. The number of benzene rings is 1. The summed E-state index contributed by atoms with van der Waals surface area (Å²) < 4.78 is 0. The first-order chi connectivity index (χ1) is 7.59. The highest BCUT2D eigenvalue weighted by Gasteiger charge is 2.13. The lowest BCUT2D eigenvalue weighted by Crippen LogP contribution is -2.30. The summed E-state index contributed by atoms with van der Waals surface area (Å²) in [5, 5.41) is 8.55. The van der Waals surface area contributed by atoms with Crippen LogP contribution in [0, 0.1) is 0 Å². The first-order valence-electron chi connectivity index (χ1n) is 5.13. The van der Waals surface area contributed by atoms with Gasteiger partial charge in [0.25, 0.3) is 0 Å². The van der Waals surface area contributed by atoms with E-state index < -0.39 is 12.0 Å². The van der Waals surface area contributed by atoms with Crippen molar-refractivity contribution in [1.29, 1.82) is 0 Å². The fourth-order valence-electron chi connectivity index (χ4n) is 1.35. The summed E-state index contributed by atoms with van der Waals surface area (Å²) in [5.41, 5.74) is 6.25. The van der Waals surface area contributed by atoms with E-state index in [1.807, 2.05) is 30.3 Å². The van der Waals surface area contributed by atoms with E-state index in [2.05, 4.69) is 0 Å². The van der Waals surface area contributed by atoms with E-state index in [1.54, 1.807) is 0 Å². The third-order valence-corrected chi connectivity index (χ3v) is 2.30. The summed E-state index contributed by atoms with van der Waals surface area (Å²) in [6.45, 7) is 0. The quantitative estimate of drug-likeness (QED) is 0.750. The van der Waals surface area contributed by atoms with Crippen molar-refractivity contribution in [2.24, 2.45) is 5.73 Å². The number of nitrogens with two attached hydrogens (primary N) is 1. The molecule has 1 aromatic carbocycles. The summed E-state index contributed by atoms with van der Waals surface area (Å²) in [6, 6.07) is 8.41. The molecule has 0 unspecified atom stereocenters. The van der Waals surface area contributed by atoms with Crippen molar-refractivity contribution in [2.75, 3.05) is 0 Å². The Balaban J connectivity index is 2.35. The van der Waals surface area contributed by atoms with Crippen molar-refractivity contribution < 1.29 is 14.7 Å². The number of ketones is 1. The molecule has 0 radical (unpaired) electrons. The molecule has 0 aliphatic heterocycles. The van der Waals surface area contributed by atoms with E-state index in [0.29, 0.717) is 6.42 Å². The lowest BCUT2D eigenvalue weighted by molar-refractivity contribution is -0.138. The van der Waals surface area contributed by atoms with E-state index in [-0.39, 0.29) is 18.6 Å². The molecule has 0 saturated heterocycles. The molecule has 0 aliphatic carbocycles. The Morgan fingerprint density at radius 1 is 1.25 bits per heavy atom. The highest BCUT2D eigenvalue weighted by Crippen LogP contribution is 2.04. The molecule has 0 bridgehead atoms. The molecule has 1 rings (SSSR count). The Bertz CT molecular complexity index is 362. The zero-order chi connectivity index (χ0) is 12.0. The van der Waals surface area contributed by atoms with Gasteiger partial charge in [-0.2, -0.15) is 0 Å². The highest BCUT2D eigenvalue weighted by atomic mass is 16.4. The first-order valence-corrected chi connectivity index (χ1v) is 5.13. The van der Waals surface area contributed by atoms with Gasteiger partial charge in [0.15, 0.2) is 0 Å². The van der Waals surface area contributed by atoms with Gasteiger partial charge >= 0.3 is 5.97 Å². The van der Waals surface area contributed by atoms with Gasteiger partial charge in [0.1, 0.15) is 11.8 Å². The molecule has 4 nitrogen and oxygen atoms in total. The van der Waals surface area contributed by atoms with Crippen molar-refractivity contribution in [2.45, 2.75) is 25.3 Å². The second-order valence-electron chi connectivity index (χ2n) is 3.68. The van der Waals surface area contributed by atoms with Crippen molar-refractivity contribution in [3.63, 3.8) is 0 Å². The van der Waals surface area contributed by atoms with Crippen LogP contribution in [0.25, 0.3) is 0 Å². The van der Waals surface area contributed by atoms with E-state index >= 15 is 0 Å². The number of Topliss-reactive ketones (excluding diaryl/α,β-unsaturated/α-hetero) is 1. The standard InChI is InChI=1S/C12H15NO3/c13-11(12(15)16)7-6-10(14)8-9-4-2-1-3-5-9/h1-5,11H,6-8,13H2,(H,15,16)/t11-/m1/s1. The number of carbonyl (C=O) groups excluding carboxylic acids is 1. The summed E-state index contributed by atoms with van der Waals surface area (Å²) in [5.74, 6) is -1.05. The lowest BCUT2D eigenvalue weighted by atomic mass is 10.0. The summed E-state index contributed by atoms with van der Waals surface area (Å²) in [6.07, 6.45) is 0.747. The van der Waals surface area contributed by atoms with E-state index in [4.69, 9.17) is 10.8 Å². The molecule has 0 aromatic heterocycles. The minimum absolute atomic E-state index is 0.0166. The largest absolute Gasteiger partial charge is 0.480 e. The normalized spacial score (nSPS) is 12.1. The van der Waals surface area contributed by atoms with Gasteiger partial charge < -0.3 is 10.8 Å². The van der Waals surface area contributed by atoms with Gasteiger partial charge in [-0.05, 0) is 12.0 Å². The SMILES string of the molecule is N[C@H](CCC(=O)Cc1ccccc1)C(=O)O. The van der Waals surface area contributed by atoms with Crippen LogP contribution in [0.15, 0.2) is 30.3 Å². The van der Waals surface area contributed by atoms with Crippen molar-refractivity contribution >= 4 is 11.8 Å². The average molecular weight is 221 g/mol. The van der Waals surface area contributed by atoms with Gasteiger partial charge in [0.05, 0.1) is 0 Å². The third kappa shape index (κ3) is 4.23. The summed E-state index contributed by atoms with van der Waals surface area (Å²) >= 11 is 0. The maximum absolute atomic E-state index is 11.5. The molecule has 0 heterocycles. The van der Waals surface area contributed by atoms with Crippen LogP contribution in [0.2, 0.25) is 0 Å². The molecule has 0 aliphatic rings. The molecule has 0 amide bonds. The predicted molar refractivity (Wildman–Crippen MR) is 60.0 cm³/mol. The van der Waals surface area contributed by atoms with Crippen LogP contribution >= 0.6 is 0 Å². The Kier molecular flexibility index (Phi) is 4.66. The van der Waals surface area contributed by atoms with Gasteiger partial charge in [-0.25, -0.2) is 0 Å². The molecule has 1 atom stereocenters. The number of aliphatic carboxylic acids is 1. The minimum atomic E-state index is -1.06. The molecule has 0 spiro atoms. The molecule has 1 aromatic rings. The molecule has 16 heavy (non-hydrogen) atoms. The number of rotatable bonds is 6. The fraction of sp³-hybridized carbons (Fsp3) is 0.333. The van der Waals surface area contributed by atoms with Gasteiger partial charge in [0.2, 0.25) is 0 Å². The van der Waals surface area contributed by atoms with Crippen LogP contribution < -0.4 is 5.73 Å². The summed E-state index contributed by atoms with van der Waals surface area (Å²) in [7, 11) is 0. The Labute approximate surface area is 94.1 Å². The van der Waals surface area contributed by atoms with E-state index in [0.717, 1.165) is 5.56 Å². The Hall–Kier alpha value is -1.68. The summed E-state index contributed by atoms with van der Waals surface area (Å²) in [4.78, 5) is 21.9. The van der Waals surface area contributed by atoms with Gasteiger partial charge in [-0.3, -0.25) is 9.59 Å². The predicted octanol–water partition coefficient (Wildman–Crippen LogP) is 0.990. The number of carboxylic acids is 1. The van der Waals surface area contributed by atoms with Gasteiger partial charge in [-0.1, -0.05) is 30.3 Å². The van der Waals surface area contributed by atoms with Crippen LogP contribution in [-0.2, 0) is 16.0 Å². The number of carbonyl (C=O) groups is 2. The molecule has 3 N–H and O–H groups in total. The molecule has 0 saturated carbocycles. The van der Waals surface area contributed by atoms with Crippen LogP contribution in [0.4, 0.5) is 0 Å². The van der Waals surface area contributed by atoms with Crippen molar-refractivity contribution in [1.82, 2.24) is 0 Å². The van der Waals surface area contributed by atoms with Crippen LogP contribution in [-0.4, -0.2) is 22.9 Å². The number of carboxylic acid groups (broad SMARTS) is 1.